The molecular formula is C34H34AsF5NO3. The zero-order chi connectivity index (χ0) is 31.7. The van der Waals surface area contributed by atoms with Crippen molar-refractivity contribution in [2.45, 2.75) is 80.7 Å². The number of carbonyl (C=O) groups is 2. The van der Waals surface area contributed by atoms with Gasteiger partial charge in [-0.3, -0.25) is 0 Å². The third kappa shape index (κ3) is 4.81. The molecule has 1 radical (unpaired) electrons. The van der Waals surface area contributed by atoms with E-state index < -0.39 is 63.0 Å². The number of fused-ring (bicyclic) bond motifs is 4. The number of nitrogens with two attached hydrogens (primary N) is 1. The Balaban J connectivity index is 1.38. The normalized spacial score (nSPS) is 30.7. The molecule has 44 heavy (non-hydrogen) atoms. The summed E-state index contributed by atoms with van der Waals surface area (Å²) in [4.78, 5) is 24.1. The summed E-state index contributed by atoms with van der Waals surface area (Å²) < 4.78 is 72.7. The van der Waals surface area contributed by atoms with Gasteiger partial charge in [0, 0.05) is 0 Å². The zero-order valence-electron chi connectivity index (χ0n) is 24.3. The Morgan fingerprint density at radius 2 is 1.73 bits per heavy atom. The van der Waals surface area contributed by atoms with Gasteiger partial charge in [-0.05, 0) is 0 Å². The molecule has 2 aromatic rings. The summed E-state index contributed by atoms with van der Waals surface area (Å²) >= 11 is -0.417. The predicted molar refractivity (Wildman–Crippen MR) is 157 cm³/mol. The van der Waals surface area contributed by atoms with Crippen LogP contribution in [0.4, 0.5) is 22.0 Å². The van der Waals surface area contributed by atoms with Crippen molar-refractivity contribution in [3.05, 3.63) is 88.0 Å². The minimum absolute atomic E-state index is 0.0464. The van der Waals surface area contributed by atoms with Crippen molar-refractivity contribution in [1.82, 2.24) is 0 Å². The van der Waals surface area contributed by atoms with Crippen LogP contribution in [-0.4, -0.2) is 50.2 Å². The molecule has 2 fully saturated rings. The molecule has 1 amide bonds. The molecule has 4 aliphatic rings. The molecule has 233 valence electrons. The van der Waals surface area contributed by atoms with E-state index in [-0.39, 0.29) is 24.5 Å². The Kier molecular flexibility index (Phi) is 7.76. The van der Waals surface area contributed by atoms with Gasteiger partial charge in [-0.25, -0.2) is 0 Å². The number of aliphatic hydroxyl groups is 1. The number of benzene rings is 2. The number of primary amides is 1. The summed E-state index contributed by atoms with van der Waals surface area (Å²) in [5.74, 6) is -6.96. The molecule has 10 heteroatoms. The van der Waals surface area contributed by atoms with Gasteiger partial charge < -0.3 is 0 Å². The third-order valence-corrected chi connectivity index (χ3v) is 13.4. The molecule has 2 aromatic carbocycles. The first-order chi connectivity index (χ1) is 20.7. The number of hydrogen-bond donors (Lipinski definition) is 2. The van der Waals surface area contributed by atoms with E-state index in [1.54, 1.807) is 18.2 Å². The molecule has 4 aliphatic carbocycles. The molecule has 5 atom stereocenters. The number of allylic oxidation sites excluding steroid dienone is 4. The molecule has 3 N–H and O–H groups in total. The van der Waals surface area contributed by atoms with E-state index in [1.807, 2.05) is 36.4 Å². The molecule has 0 aromatic heterocycles. The summed E-state index contributed by atoms with van der Waals surface area (Å²) in [6.07, 6.45) is -2.81. The van der Waals surface area contributed by atoms with Crippen LogP contribution in [-0.2, 0) is 10.0 Å². The van der Waals surface area contributed by atoms with E-state index in [9.17, 15) is 27.9 Å². The second kappa shape index (κ2) is 10.9. The van der Waals surface area contributed by atoms with Crippen molar-refractivity contribution in [3.63, 3.8) is 0 Å². The van der Waals surface area contributed by atoms with E-state index in [0.717, 1.165) is 32.2 Å². The van der Waals surface area contributed by atoms with E-state index in [0.29, 0.717) is 36.5 Å². The van der Waals surface area contributed by atoms with Crippen LogP contribution in [0.2, 0.25) is 0 Å². The van der Waals surface area contributed by atoms with Crippen molar-refractivity contribution in [1.29, 1.82) is 0 Å². The molecule has 4 nitrogen and oxygen atoms in total. The number of rotatable bonds is 6. The van der Waals surface area contributed by atoms with Crippen molar-refractivity contribution in [2.24, 2.45) is 23.0 Å². The Bertz CT molecular complexity index is 1570. The van der Waals surface area contributed by atoms with Crippen LogP contribution in [0.25, 0.3) is 0 Å². The minimum atomic E-state index is -5.88. The monoisotopic (exact) mass is 674 g/mol. The van der Waals surface area contributed by atoms with Gasteiger partial charge in [0.25, 0.3) is 0 Å². The number of carbonyl (C=O) groups excluding carboxylic acids is 2. The first-order valence-corrected chi connectivity index (χ1v) is 17.2. The second-order valence-electron chi connectivity index (χ2n) is 12.9. The van der Waals surface area contributed by atoms with Crippen molar-refractivity contribution in [2.75, 3.05) is 0 Å². The van der Waals surface area contributed by atoms with Gasteiger partial charge >= 0.3 is 260 Å². The van der Waals surface area contributed by atoms with Gasteiger partial charge in [0.05, 0.1) is 0 Å². The van der Waals surface area contributed by atoms with Gasteiger partial charge in [-0.1, -0.05) is 0 Å². The Morgan fingerprint density at radius 1 is 1.02 bits per heavy atom. The van der Waals surface area contributed by atoms with Gasteiger partial charge in [0.2, 0.25) is 0 Å². The van der Waals surface area contributed by atoms with Crippen LogP contribution in [0.15, 0.2) is 71.3 Å². The number of ketones is 1. The molecule has 0 spiro atoms. The fraction of sp³-hybridized carbons (Fsp3) is 0.471. The molecular weight excluding hydrogens is 640 g/mol. The fourth-order valence-corrected chi connectivity index (χ4v) is 10.9. The molecule has 0 saturated heterocycles. The first kappa shape index (κ1) is 31.2. The van der Waals surface area contributed by atoms with Gasteiger partial charge in [-0.15, -0.1) is 0 Å². The number of hydrogen-bond acceptors (Lipinski definition) is 3. The Morgan fingerprint density at radius 3 is 2.41 bits per heavy atom. The van der Waals surface area contributed by atoms with Crippen LogP contribution in [0, 0.1) is 17.3 Å². The summed E-state index contributed by atoms with van der Waals surface area (Å²) in [7, 11) is 0. The van der Waals surface area contributed by atoms with E-state index in [2.05, 4.69) is 0 Å². The van der Waals surface area contributed by atoms with Crippen LogP contribution in [0.3, 0.4) is 0 Å². The third-order valence-electron chi connectivity index (χ3n) is 10.7. The standard InChI is InChI=1S/C34H34AsF5NO3/c1-31-17-26(20-8-6-19(7-9-20)18-35-28-5-3-2-4-25(28)30(41)43)29-23-13-11-22(42)16-21(23)10-12-24(29)27(31)14-15-32(31,44)33(36,37)34(38,39)40/h2-9,16,24,26-27,44H,10-15,17-18H2,1H3,(H2,41,43)/t24?,26-,27?,31+,32-/m1/s1. The molecule has 2 saturated carbocycles. The Hall–Kier alpha value is -2.77. The van der Waals surface area contributed by atoms with Crippen LogP contribution < -0.4 is 10.1 Å². The number of amides is 1. The summed E-state index contributed by atoms with van der Waals surface area (Å²) in [6.45, 7) is 1.43. The summed E-state index contributed by atoms with van der Waals surface area (Å²) in [5.41, 5.74) is 5.98. The predicted octanol–water partition coefficient (Wildman–Crippen LogP) is 6.14. The van der Waals surface area contributed by atoms with Crippen LogP contribution in [0.5, 0.6) is 0 Å². The zero-order valence-corrected chi connectivity index (χ0v) is 26.1. The van der Waals surface area contributed by atoms with E-state index in [4.69, 9.17) is 5.73 Å². The van der Waals surface area contributed by atoms with E-state index in [1.165, 1.54) is 6.92 Å². The SMILES string of the molecule is C[C@]12C[C@H](c3ccc(C[As]c4ccccc4C(N)=O)cc3)C3=C4CCC(=O)C=C4CCC3C1CC[C@]2(O)C(F)(F)C(F)(F)F. The van der Waals surface area contributed by atoms with Crippen molar-refractivity contribution in [3.8, 4) is 0 Å². The first-order valence-electron chi connectivity index (χ1n) is 15.0. The quantitative estimate of drug-likeness (QED) is 0.286. The van der Waals surface area contributed by atoms with Crippen LogP contribution >= 0.6 is 0 Å². The van der Waals surface area contributed by atoms with Crippen molar-refractivity contribution < 1.29 is 36.6 Å². The average molecular weight is 675 g/mol. The molecule has 2 unspecified atom stereocenters. The van der Waals surface area contributed by atoms with Gasteiger partial charge in [0.1, 0.15) is 0 Å². The maximum atomic E-state index is 15.2. The number of alkyl halides is 5. The van der Waals surface area contributed by atoms with Crippen LogP contribution in [0.1, 0.15) is 79.3 Å². The number of halogens is 5. The summed E-state index contributed by atoms with van der Waals surface area (Å²) in [5, 5.41) is 12.1. The second-order valence-corrected chi connectivity index (χ2v) is 15.2. The molecule has 0 bridgehead atoms. The average Bonchev–Trinajstić information content (AvgIpc) is 3.26. The molecule has 6 rings (SSSR count). The van der Waals surface area contributed by atoms with Gasteiger partial charge in [-0.2, -0.15) is 0 Å². The van der Waals surface area contributed by atoms with Gasteiger partial charge in [0.15, 0.2) is 0 Å². The maximum absolute atomic E-state index is 15.2. The molecule has 0 heterocycles. The fourth-order valence-electron chi connectivity index (χ4n) is 8.57. The Labute approximate surface area is 259 Å². The molecule has 0 aliphatic heterocycles. The topological polar surface area (TPSA) is 80.4 Å². The van der Waals surface area contributed by atoms with E-state index >= 15 is 8.78 Å². The van der Waals surface area contributed by atoms with Crippen molar-refractivity contribution >= 4 is 31.8 Å². The summed E-state index contributed by atoms with van der Waals surface area (Å²) in [6, 6.07) is 14.9.